The quantitative estimate of drug-likeness (QED) is 0.722. The maximum Gasteiger partial charge on any atom is 0.321 e. The van der Waals surface area contributed by atoms with Gasteiger partial charge in [-0.1, -0.05) is 30.3 Å². The molecule has 0 aliphatic carbocycles. The molecule has 1 aromatic rings. The molecule has 1 rings (SSSR count). The van der Waals surface area contributed by atoms with Gasteiger partial charge in [0.25, 0.3) is 0 Å². The van der Waals surface area contributed by atoms with Gasteiger partial charge in [-0.05, 0) is 12.5 Å². The van der Waals surface area contributed by atoms with Crippen LogP contribution in [-0.4, -0.2) is 25.5 Å². The van der Waals surface area contributed by atoms with E-state index in [1.54, 1.807) is 0 Å². The number of hydrogen-bond acceptors (Lipinski definition) is 3. The first kappa shape index (κ1) is 13.2. The van der Waals surface area contributed by atoms with Crippen molar-refractivity contribution in [1.82, 2.24) is 16.0 Å². The van der Waals surface area contributed by atoms with Crippen molar-refractivity contribution in [3.8, 4) is 0 Å². The Morgan fingerprint density at radius 2 is 1.88 bits per heavy atom. The summed E-state index contributed by atoms with van der Waals surface area (Å²) in [7, 11) is 1.46. The van der Waals surface area contributed by atoms with Crippen LogP contribution in [0.2, 0.25) is 0 Å². The van der Waals surface area contributed by atoms with Gasteiger partial charge in [0.2, 0.25) is 5.91 Å². The topological polar surface area (TPSA) is 70.2 Å². The van der Waals surface area contributed by atoms with Crippen molar-refractivity contribution >= 4 is 11.9 Å². The van der Waals surface area contributed by atoms with Gasteiger partial charge in [-0.3, -0.25) is 10.1 Å². The molecule has 1 atom stereocenters. The molecule has 17 heavy (non-hydrogen) atoms. The minimum absolute atomic E-state index is 0.0617. The first-order valence-electron chi connectivity index (χ1n) is 5.43. The highest BCUT2D eigenvalue weighted by Gasteiger charge is 2.08. The largest absolute Gasteiger partial charge is 0.341 e. The molecule has 0 heterocycles. The van der Waals surface area contributed by atoms with E-state index in [-0.39, 0.29) is 18.5 Å². The zero-order chi connectivity index (χ0) is 12.7. The maximum atomic E-state index is 11.3. The second-order valence-electron chi connectivity index (χ2n) is 3.64. The Labute approximate surface area is 101 Å². The van der Waals surface area contributed by atoms with Crippen LogP contribution in [0, 0.1) is 0 Å². The summed E-state index contributed by atoms with van der Waals surface area (Å²) in [6, 6.07) is 9.35. The lowest BCUT2D eigenvalue weighted by molar-refractivity contribution is -0.119. The van der Waals surface area contributed by atoms with Crippen molar-refractivity contribution in [1.29, 1.82) is 0 Å². The third-order valence-corrected chi connectivity index (χ3v) is 2.35. The monoisotopic (exact) mass is 235 g/mol. The lowest BCUT2D eigenvalue weighted by atomic mass is 10.1. The van der Waals surface area contributed by atoms with Crippen LogP contribution in [0.15, 0.2) is 30.3 Å². The van der Waals surface area contributed by atoms with Crippen LogP contribution < -0.4 is 16.0 Å². The van der Waals surface area contributed by atoms with Crippen LogP contribution in [0.1, 0.15) is 18.5 Å². The Bertz CT molecular complexity index is 379. The molecule has 5 heteroatoms. The predicted molar refractivity (Wildman–Crippen MR) is 65.5 cm³/mol. The third kappa shape index (κ3) is 4.65. The van der Waals surface area contributed by atoms with Crippen molar-refractivity contribution in [3.05, 3.63) is 35.9 Å². The zero-order valence-corrected chi connectivity index (χ0v) is 9.99. The molecule has 3 N–H and O–H groups in total. The molecule has 1 aromatic carbocycles. The molecule has 0 aliphatic rings. The number of carbonyl (C=O) groups is 2. The van der Waals surface area contributed by atoms with E-state index >= 15 is 0 Å². The normalized spacial score (nSPS) is 11.6. The number of rotatable bonds is 4. The van der Waals surface area contributed by atoms with Gasteiger partial charge in [-0.25, -0.2) is 4.79 Å². The van der Waals surface area contributed by atoms with Crippen molar-refractivity contribution < 1.29 is 9.59 Å². The van der Waals surface area contributed by atoms with Gasteiger partial charge in [0.1, 0.15) is 0 Å². The fourth-order valence-electron chi connectivity index (χ4n) is 1.34. The van der Waals surface area contributed by atoms with Crippen LogP contribution in [-0.2, 0) is 4.79 Å². The first-order valence-corrected chi connectivity index (χ1v) is 5.43. The van der Waals surface area contributed by atoms with E-state index in [1.165, 1.54) is 7.05 Å². The Kier molecular flexibility index (Phi) is 5.16. The lowest BCUT2D eigenvalue weighted by Crippen LogP contribution is -2.42. The van der Waals surface area contributed by atoms with Gasteiger partial charge in [-0.15, -0.1) is 0 Å². The molecule has 3 amide bonds. The molecule has 0 radical (unpaired) electrons. The number of nitrogens with one attached hydrogen (secondary N) is 3. The van der Waals surface area contributed by atoms with Gasteiger partial charge in [-0.2, -0.15) is 0 Å². The molecule has 5 nitrogen and oxygen atoms in total. The summed E-state index contributed by atoms with van der Waals surface area (Å²) >= 11 is 0. The molecule has 0 aromatic heterocycles. The highest BCUT2D eigenvalue weighted by atomic mass is 16.2. The van der Waals surface area contributed by atoms with E-state index in [1.807, 2.05) is 37.3 Å². The van der Waals surface area contributed by atoms with Crippen molar-refractivity contribution in [2.24, 2.45) is 0 Å². The molecular weight excluding hydrogens is 218 g/mol. The molecular formula is C12H17N3O2. The molecule has 0 saturated heterocycles. The molecule has 0 bridgehead atoms. The minimum Gasteiger partial charge on any atom is -0.341 e. The van der Waals surface area contributed by atoms with Crippen LogP contribution in [0.25, 0.3) is 0 Å². The molecule has 0 fully saturated rings. The van der Waals surface area contributed by atoms with E-state index in [4.69, 9.17) is 0 Å². The van der Waals surface area contributed by atoms with Crippen LogP contribution in [0.4, 0.5) is 4.79 Å². The second kappa shape index (κ2) is 6.65. The maximum absolute atomic E-state index is 11.3. The summed E-state index contributed by atoms with van der Waals surface area (Å²) in [5.41, 5.74) is 1.10. The Balaban J connectivity index is 2.36. The summed E-state index contributed by atoms with van der Waals surface area (Å²) in [5, 5.41) is 7.54. The van der Waals surface area contributed by atoms with Gasteiger partial charge < -0.3 is 10.6 Å². The van der Waals surface area contributed by atoms with E-state index < -0.39 is 6.03 Å². The first-order chi connectivity index (χ1) is 8.13. The highest BCUT2D eigenvalue weighted by Crippen LogP contribution is 2.10. The van der Waals surface area contributed by atoms with Gasteiger partial charge in [0.15, 0.2) is 0 Å². The van der Waals surface area contributed by atoms with Crippen molar-refractivity contribution in [2.75, 3.05) is 13.6 Å². The van der Waals surface area contributed by atoms with E-state index in [2.05, 4.69) is 16.0 Å². The standard InChI is InChI=1S/C12H17N3O2/c1-9(10-6-4-3-5-7-10)14-8-11(16)15-12(17)13-2/h3-7,9,14H,8H2,1-2H3,(H2,13,15,16,17)/t9-/m0/s1. The van der Waals surface area contributed by atoms with Crippen molar-refractivity contribution in [2.45, 2.75) is 13.0 Å². The predicted octanol–water partition coefficient (Wildman–Crippen LogP) is 0.793. The Hall–Kier alpha value is -1.88. The molecule has 92 valence electrons. The molecule has 0 unspecified atom stereocenters. The fraction of sp³-hybridized carbons (Fsp3) is 0.333. The van der Waals surface area contributed by atoms with Gasteiger partial charge in [0, 0.05) is 13.1 Å². The summed E-state index contributed by atoms with van der Waals surface area (Å²) < 4.78 is 0. The zero-order valence-electron chi connectivity index (χ0n) is 9.99. The van der Waals surface area contributed by atoms with E-state index in [0.717, 1.165) is 5.56 Å². The average Bonchev–Trinajstić information content (AvgIpc) is 2.36. The van der Waals surface area contributed by atoms with E-state index in [0.29, 0.717) is 0 Å². The summed E-state index contributed by atoms with van der Waals surface area (Å²) in [4.78, 5) is 22.2. The third-order valence-electron chi connectivity index (χ3n) is 2.35. The number of urea groups is 1. The van der Waals surface area contributed by atoms with Crippen LogP contribution >= 0.6 is 0 Å². The van der Waals surface area contributed by atoms with Gasteiger partial charge in [0.05, 0.1) is 6.54 Å². The fourth-order valence-corrected chi connectivity index (χ4v) is 1.34. The number of benzene rings is 1. The SMILES string of the molecule is CNC(=O)NC(=O)CN[C@@H](C)c1ccccc1. The minimum atomic E-state index is -0.496. The summed E-state index contributed by atoms with van der Waals surface area (Å²) in [6.07, 6.45) is 0. The highest BCUT2D eigenvalue weighted by molar-refractivity contribution is 5.95. The Morgan fingerprint density at radius 3 is 2.47 bits per heavy atom. The number of amides is 3. The molecule has 0 aliphatic heterocycles. The average molecular weight is 235 g/mol. The lowest BCUT2D eigenvalue weighted by Gasteiger charge is -2.13. The smallest absolute Gasteiger partial charge is 0.321 e. The summed E-state index contributed by atoms with van der Waals surface area (Å²) in [6.45, 7) is 2.06. The van der Waals surface area contributed by atoms with Crippen LogP contribution in [0.3, 0.4) is 0 Å². The van der Waals surface area contributed by atoms with E-state index in [9.17, 15) is 9.59 Å². The van der Waals surface area contributed by atoms with Crippen molar-refractivity contribution in [3.63, 3.8) is 0 Å². The van der Waals surface area contributed by atoms with Crippen LogP contribution in [0.5, 0.6) is 0 Å². The van der Waals surface area contributed by atoms with Gasteiger partial charge >= 0.3 is 6.03 Å². The second-order valence-corrected chi connectivity index (χ2v) is 3.64. The Morgan fingerprint density at radius 1 is 1.24 bits per heavy atom. The number of hydrogen-bond donors (Lipinski definition) is 3. The molecule has 0 saturated carbocycles. The number of carbonyl (C=O) groups excluding carboxylic acids is 2. The number of imide groups is 1. The summed E-state index contributed by atoms with van der Waals surface area (Å²) in [5.74, 6) is -0.355. The molecule has 0 spiro atoms.